The van der Waals surface area contributed by atoms with E-state index in [4.69, 9.17) is 14.0 Å². The van der Waals surface area contributed by atoms with Crippen LogP contribution < -0.4 is 0 Å². The molecule has 1 heterocycles. The molecule has 70 valence electrons. The zero-order valence-electron chi connectivity index (χ0n) is 7.91. The molecule has 1 rings (SSSR count). The van der Waals surface area contributed by atoms with Gasteiger partial charge in [0.05, 0.1) is 0 Å². The van der Waals surface area contributed by atoms with E-state index in [0.29, 0.717) is 0 Å². The van der Waals surface area contributed by atoms with Crippen LogP contribution in [0.3, 0.4) is 0 Å². The van der Waals surface area contributed by atoms with Gasteiger partial charge in [-0.3, -0.25) is 0 Å². The van der Waals surface area contributed by atoms with Crippen molar-refractivity contribution in [3.8, 4) is 0 Å². The molecule has 1 aliphatic heterocycles. The van der Waals surface area contributed by atoms with Crippen LogP contribution in [0.5, 0.6) is 0 Å². The average molecular weight is 172 g/mol. The third kappa shape index (κ3) is 3.56. The summed E-state index contributed by atoms with van der Waals surface area (Å²) in [5, 5.41) is 0. The highest BCUT2D eigenvalue weighted by atomic mass is 16.7. The van der Waals surface area contributed by atoms with E-state index >= 15 is 0 Å². The SMILES string of the molecule is CCCC(C)OB1OCCCO1. The Bertz CT molecular complexity index is 115. The van der Waals surface area contributed by atoms with E-state index in [1.54, 1.807) is 0 Å². The van der Waals surface area contributed by atoms with E-state index in [0.717, 1.165) is 32.5 Å². The first kappa shape index (κ1) is 10.0. The van der Waals surface area contributed by atoms with Crippen molar-refractivity contribution in [3.63, 3.8) is 0 Å². The lowest BCUT2D eigenvalue weighted by atomic mass is 10.1. The zero-order valence-corrected chi connectivity index (χ0v) is 7.91. The van der Waals surface area contributed by atoms with Gasteiger partial charge in [0, 0.05) is 19.3 Å². The van der Waals surface area contributed by atoms with Gasteiger partial charge in [-0.15, -0.1) is 0 Å². The van der Waals surface area contributed by atoms with Gasteiger partial charge in [-0.25, -0.2) is 0 Å². The molecule has 0 bridgehead atoms. The van der Waals surface area contributed by atoms with Crippen LogP contribution >= 0.6 is 0 Å². The minimum absolute atomic E-state index is 0.234. The maximum absolute atomic E-state index is 5.49. The fourth-order valence-electron chi connectivity index (χ4n) is 1.21. The second-order valence-electron chi connectivity index (χ2n) is 3.12. The molecule has 0 radical (unpaired) electrons. The van der Waals surface area contributed by atoms with Gasteiger partial charge < -0.3 is 14.0 Å². The van der Waals surface area contributed by atoms with Gasteiger partial charge in [0.15, 0.2) is 0 Å². The molecule has 1 aliphatic rings. The molecule has 0 aliphatic carbocycles. The summed E-state index contributed by atoms with van der Waals surface area (Å²) in [6.45, 7) is 5.69. The van der Waals surface area contributed by atoms with Crippen LogP contribution in [0.25, 0.3) is 0 Å². The van der Waals surface area contributed by atoms with E-state index < -0.39 is 7.32 Å². The Balaban J connectivity index is 2.11. The third-order valence-electron chi connectivity index (χ3n) is 1.84. The lowest BCUT2D eigenvalue weighted by Gasteiger charge is -2.22. The maximum atomic E-state index is 5.49. The highest BCUT2D eigenvalue weighted by Gasteiger charge is 2.26. The predicted octanol–water partition coefficient (Wildman–Crippen LogP) is 1.61. The van der Waals surface area contributed by atoms with Gasteiger partial charge in [0.25, 0.3) is 0 Å². The van der Waals surface area contributed by atoms with E-state index in [-0.39, 0.29) is 6.10 Å². The summed E-state index contributed by atoms with van der Waals surface area (Å²) in [6, 6.07) is 0. The summed E-state index contributed by atoms with van der Waals surface area (Å²) in [5.41, 5.74) is 0. The molecule has 3 nitrogen and oxygen atoms in total. The van der Waals surface area contributed by atoms with Crippen LogP contribution in [-0.4, -0.2) is 26.6 Å². The van der Waals surface area contributed by atoms with E-state index in [1.165, 1.54) is 0 Å². The van der Waals surface area contributed by atoms with Crippen molar-refractivity contribution < 1.29 is 14.0 Å². The zero-order chi connectivity index (χ0) is 8.81. The molecular formula is C8H17BO3. The van der Waals surface area contributed by atoms with Crippen molar-refractivity contribution in [3.05, 3.63) is 0 Å². The monoisotopic (exact) mass is 172 g/mol. The fraction of sp³-hybridized carbons (Fsp3) is 1.00. The van der Waals surface area contributed by atoms with Crippen molar-refractivity contribution in [2.24, 2.45) is 0 Å². The summed E-state index contributed by atoms with van der Waals surface area (Å²) in [7, 11) is -0.416. The first-order chi connectivity index (χ1) is 5.83. The number of rotatable bonds is 4. The molecule has 0 N–H and O–H groups in total. The van der Waals surface area contributed by atoms with Gasteiger partial charge >= 0.3 is 7.32 Å². The van der Waals surface area contributed by atoms with Gasteiger partial charge in [-0.05, 0) is 19.8 Å². The van der Waals surface area contributed by atoms with Crippen LogP contribution in [0.2, 0.25) is 0 Å². The summed E-state index contributed by atoms with van der Waals surface area (Å²) < 4.78 is 16.0. The molecular weight excluding hydrogens is 155 g/mol. The quantitative estimate of drug-likeness (QED) is 0.603. The highest BCUT2D eigenvalue weighted by molar-refractivity contribution is 6.36. The van der Waals surface area contributed by atoms with E-state index in [1.807, 2.05) is 6.92 Å². The van der Waals surface area contributed by atoms with Crippen LogP contribution in [0.15, 0.2) is 0 Å². The molecule has 1 fully saturated rings. The second kappa shape index (κ2) is 5.57. The normalized spacial score (nSPS) is 21.0. The van der Waals surface area contributed by atoms with E-state index in [2.05, 4.69) is 6.92 Å². The predicted molar refractivity (Wildman–Crippen MR) is 47.7 cm³/mol. The smallest absolute Gasteiger partial charge is 0.386 e. The van der Waals surface area contributed by atoms with Crippen LogP contribution in [-0.2, 0) is 14.0 Å². The van der Waals surface area contributed by atoms with Crippen molar-refractivity contribution in [1.82, 2.24) is 0 Å². The Labute approximate surface area is 74.6 Å². The molecule has 0 spiro atoms. The summed E-state index contributed by atoms with van der Waals surface area (Å²) >= 11 is 0. The number of hydrogen-bond donors (Lipinski definition) is 0. The molecule has 1 atom stereocenters. The number of hydrogen-bond acceptors (Lipinski definition) is 3. The molecule has 0 amide bonds. The van der Waals surface area contributed by atoms with Gasteiger partial charge in [0.1, 0.15) is 0 Å². The summed E-state index contributed by atoms with van der Waals surface area (Å²) in [5.74, 6) is 0. The largest absolute Gasteiger partial charge is 0.639 e. The van der Waals surface area contributed by atoms with Gasteiger partial charge in [-0.1, -0.05) is 13.3 Å². The molecule has 0 aromatic carbocycles. The second-order valence-corrected chi connectivity index (χ2v) is 3.12. The topological polar surface area (TPSA) is 27.7 Å². The van der Waals surface area contributed by atoms with Crippen LogP contribution in [0.4, 0.5) is 0 Å². The van der Waals surface area contributed by atoms with Crippen molar-refractivity contribution in [2.75, 3.05) is 13.2 Å². The molecule has 0 aromatic heterocycles. The first-order valence-corrected chi connectivity index (χ1v) is 4.71. The lowest BCUT2D eigenvalue weighted by molar-refractivity contribution is 0.0289. The third-order valence-corrected chi connectivity index (χ3v) is 1.84. The average Bonchev–Trinajstić information content (AvgIpc) is 2.06. The summed E-state index contributed by atoms with van der Waals surface area (Å²) in [4.78, 5) is 0. The molecule has 4 heteroatoms. The van der Waals surface area contributed by atoms with Crippen molar-refractivity contribution in [1.29, 1.82) is 0 Å². The standard InChI is InChI=1S/C8H17BO3/c1-3-5-8(2)12-9-10-6-4-7-11-9/h8H,3-7H2,1-2H3. The Morgan fingerprint density at radius 1 is 1.42 bits per heavy atom. The highest BCUT2D eigenvalue weighted by Crippen LogP contribution is 2.08. The van der Waals surface area contributed by atoms with Gasteiger partial charge in [0.2, 0.25) is 0 Å². The Kier molecular flexibility index (Phi) is 4.65. The minimum Gasteiger partial charge on any atom is -0.386 e. The summed E-state index contributed by atoms with van der Waals surface area (Å²) in [6.07, 6.45) is 3.40. The fourth-order valence-corrected chi connectivity index (χ4v) is 1.21. The van der Waals surface area contributed by atoms with E-state index in [9.17, 15) is 0 Å². The van der Waals surface area contributed by atoms with Crippen molar-refractivity contribution >= 4 is 7.32 Å². The molecule has 0 aromatic rings. The van der Waals surface area contributed by atoms with Crippen LogP contribution in [0.1, 0.15) is 33.1 Å². The van der Waals surface area contributed by atoms with Crippen LogP contribution in [0, 0.1) is 0 Å². The molecule has 1 saturated heterocycles. The molecule has 1 unspecified atom stereocenters. The molecule has 0 saturated carbocycles. The lowest BCUT2D eigenvalue weighted by Crippen LogP contribution is -2.35. The van der Waals surface area contributed by atoms with Gasteiger partial charge in [-0.2, -0.15) is 0 Å². The Morgan fingerprint density at radius 3 is 2.67 bits per heavy atom. The minimum atomic E-state index is -0.416. The molecule has 12 heavy (non-hydrogen) atoms. The Morgan fingerprint density at radius 2 is 2.08 bits per heavy atom. The van der Waals surface area contributed by atoms with Crippen molar-refractivity contribution in [2.45, 2.75) is 39.2 Å². The maximum Gasteiger partial charge on any atom is 0.639 e. The Hall–Kier alpha value is -0.0551. The first-order valence-electron chi connectivity index (χ1n) is 4.71.